The summed E-state index contributed by atoms with van der Waals surface area (Å²) in [5, 5.41) is 8.51. The van der Waals surface area contributed by atoms with Crippen LogP contribution in [0.2, 0.25) is 0 Å². The minimum atomic E-state index is -1.66. The molecule has 0 saturated carbocycles. The number of carbonyl (C=O) groups is 3. The minimum absolute atomic E-state index is 0.139. The Labute approximate surface area is 130 Å². The van der Waals surface area contributed by atoms with Gasteiger partial charge in [0.1, 0.15) is 11.6 Å². The highest BCUT2D eigenvalue weighted by molar-refractivity contribution is 6.37. The van der Waals surface area contributed by atoms with E-state index < -0.39 is 35.6 Å². The van der Waals surface area contributed by atoms with Crippen molar-refractivity contribution in [1.82, 2.24) is 0 Å². The molecule has 23 heavy (non-hydrogen) atoms. The summed E-state index contributed by atoms with van der Waals surface area (Å²) in [6.45, 7) is 0. The van der Waals surface area contributed by atoms with Crippen LogP contribution in [0.15, 0.2) is 42.5 Å². The average molecular weight is 318 g/mol. The standard InChI is InChI=1S/C17H12F2O4/c18-13-5-4-11(14(19)8-13)6-10-2-1-3-12(7-10)15(20)9-16(21)17(22)23/h1-5,7-8H,6,9H2,(H,22,23). The van der Waals surface area contributed by atoms with Gasteiger partial charge in [-0.3, -0.25) is 9.59 Å². The van der Waals surface area contributed by atoms with E-state index in [4.69, 9.17) is 5.11 Å². The molecule has 0 amide bonds. The molecule has 2 rings (SSSR count). The lowest BCUT2D eigenvalue weighted by Gasteiger charge is -2.06. The minimum Gasteiger partial charge on any atom is -0.475 e. The summed E-state index contributed by atoms with van der Waals surface area (Å²) in [7, 11) is 0. The Bertz CT molecular complexity index is 784. The summed E-state index contributed by atoms with van der Waals surface area (Å²) in [5.41, 5.74) is 1.02. The molecular weight excluding hydrogens is 306 g/mol. The number of aliphatic carboxylic acids is 1. The Morgan fingerprint density at radius 2 is 1.74 bits per heavy atom. The lowest BCUT2D eigenvalue weighted by molar-refractivity contribution is -0.148. The monoisotopic (exact) mass is 318 g/mol. The predicted octanol–water partition coefficient (Wildman–Crippen LogP) is 2.78. The second kappa shape index (κ2) is 6.91. The van der Waals surface area contributed by atoms with Crippen molar-refractivity contribution in [2.24, 2.45) is 0 Å². The third kappa shape index (κ3) is 4.29. The number of carbonyl (C=O) groups excluding carboxylic acids is 2. The molecule has 1 N–H and O–H groups in total. The van der Waals surface area contributed by atoms with Gasteiger partial charge < -0.3 is 5.11 Å². The van der Waals surface area contributed by atoms with Gasteiger partial charge in [0.2, 0.25) is 5.78 Å². The SMILES string of the molecule is O=C(O)C(=O)CC(=O)c1cccc(Cc2ccc(F)cc2F)c1. The molecule has 0 aliphatic heterocycles. The number of ketones is 2. The molecule has 0 aromatic heterocycles. The smallest absolute Gasteiger partial charge is 0.372 e. The van der Waals surface area contributed by atoms with Gasteiger partial charge >= 0.3 is 5.97 Å². The lowest BCUT2D eigenvalue weighted by Crippen LogP contribution is -2.17. The fourth-order valence-corrected chi connectivity index (χ4v) is 2.06. The molecule has 0 aliphatic carbocycles. The van der Waals surface area contributed by atoms with Gasteiger partial charge in [0.15, 0.2) is 5.78 Å². The summed E-state index contributed by atoms with van der Waals surface area (Å²) in [6.07, 6.45) is -0.593. The van der Waals surface area contributed by atoms with Crippen LogP contribution in [0.3, 0.4) is 0 Å². The highest BCUT2D eigenvalue weighted by atomic mass is 19.1. The van der Waals surface area contributed by atoms with Crippen molar-refractivity contribution in [1.29, 1.82) is 0 Å². The van der Waals surface area contributed by atoms with Crippen molar-refractivity contribution in [2.45, 2.75) is 12.8 Å². The van der Waals surface area contributed by atoms with Gasteiger partial charge in [0, 0.05) is 18.1 Å². The largest absolute Gasteiger partial charge is 0.475 e. The van der Waals surface area contributed by atoms with Crippen LogP contribution >= 0.6 is 0 Å². The number of Topliss-reactive ketones (excluding diaryl/α,β-unsaturated/α-hetero) is 2. The zero-order chi connectivity index (χ0) is 17.0. The highest BCUT2D eigenvalue weighted by Gasteiger charge is 2.18. The summed E-state index contributed by atoms with van der Waals surface area (Å²) < 4.78 is 26.5. The van der Waals surface area contributed by atoms with Crippen molar-refractivity contribution >= 4 is 17.5 Å². The second-order valence-electron chi connectivity index (χ2n) is 4.94. The molecule has 0 radical (unpaired) electrons. The summed E-state index contributed by atoms with van der Waals surface area (Å²) >= 11 is 0. The Morgan fingerprint density at radius 1 is 1.00 bits per heavy atom. The van der Waals surface area contributed by atoms with Crippen molar-refractivity contribution in [3.63, 3.8) is 0 Å². The number of hydrogen-bond acceptors (Lipinski definition) is 3. The van der Waals surface area contributed by atoms with E-state index in [1.165, 1.54) is 18.2 Å². The second-order valence-corrected chi connectivity index (χ2v) is 4.94. The molecule has 0 atom stereocenters. The van der Waals surface area contributed by atoms with Gasteiger partial charge in [-0.2, -0.15) is 0 Å². The van der Waals surface area contributed by atoms with Crippen LogP contribution in [0, 0.1) is 11.6 Å². The Hall–Kier alpha value is -2.89. The Morgan fingerprint density at radius 3 is 2.39 bits per heavy atom. The molecule has 0 bridgehead atoms. The number of hydrogen-bond donors (Lipinski definition) is 1. The first kappa shape index (κ1) is 16.5. The quantitative estimate of drug-likeness (QED) is 0.505. The fraction of sp³-hybridized carbons (Fsp3) is 0.118. The Kier molecular flexibility index (Phi) is 4.95. The van der Waals surface area contributed by atoms with E-state index in [2.05, 4.69) is 0 Å². The molecule has 0 spiro atoms. The normalized spacial score (nSPS) is 10.3. The zero-order valence-electron chi connectivity index (χ0n) is 11.9. The van der Waals surface area contributed by atoms with E-state index in [9.17, 15) is 23.2 Å². The number of benzene rings is 2. The van der Waals surface area contributed by atoms with Gasteiger partial charge in [-0.05, 0) is 23.3 Å². The molecule has 0 saturated heterocycles. The van der Waals surface area contributed by atoms with E-state index in [0.29, 0.717) is 5.56 Å². The molecule has 0 fully saturated rings. The number of rotatable bonds is 6. The van der Waals surface area contributed by atoms with Crippen LogP contribution < -0.4 is 0 Å². The average Bonchev–Trinajstić information content (AvgIpc) is 2.50. The molecule has 4 nitrogen and oxygen atoms in total. The summed E-state index contributed by atoms with van der Waals surface area (Å²) in [4.78, 5) is 33.4. The van der Waals surface area contributed by atoms with Crippen molar-refractivity contribution in [3.8, 4) is 0 Å². The molecule has 0 aliphatic rings. The lowest BCUT2D eigenvalue weighted by atomic mass is 9.99. The maximum Gasteiger partial charge on any atom is 0.372 e. The van der Waals surface area contributed by atoms with E-state index in [1.807, 2.05) is 0 Å². The van der Waals surface area contributed by atoms with E-state index in [0.717, 1.165) is 12.1 Å². The summed E-state index contributed by atoms with van der Waals surface area (Å²) in [6, 6.07) is 9.33. The van der Waals surface area contributed by atoms with Gasteiger partial charge in [-0.1, -0.05) is 24.3 Å². The molecule has 0 heterocycles. The van der Waals surface area contributed by atoms with Crippen LogP contribution in [0.25, 0.3) is 0 Å². The third-order valence-corrected chi connectivity index (χ3v) is 3.22. The number of halogens is 2. The van der Waals surface area contributed by atoms with Gasteiger partial charge in [-0.15, -0.1) is 0 Å². The first-order chi connectivity index (χ1) is 10.9. The predicted molar refractivity (Wildman–Crippen MR) is 77.2 cm³/mol. The maximum atomic E-state index is 13.6. The first-order valence-corrected chi connectivity index (χ1v) is 6.69. The highest BCUT2D eigenvalue weighted by Crippen LogP contribution is 2.16. The van der Waals surface area contributed by atoms with Gasteiger partial charge in [0.25, 0.3) is 0 Å². The number of carboxylic acid groups (broad SMARTS) is 1. The summed E-state index contributed by atoms with van der Waals surface area (Å²) in [5.74, 6) is -4.85. The van der Waals surface area contributed by atoms with Gasteiger partial charge in [0.05, 0.1) is 6.42 Å². The zero-order valence-corrected chi connectivity index (χ0v) is 11.9. The van der Waals surface area contributed by atoms with Crippen molar-refractivity contribution < 1.29 is 28.3 Å². The Balaban J connectivity index is 2.18. The molecule has 2 aromatic rings. The molecule has 2 aromatic carbocycles. The third-order valence-electron chi connectivity index (χ3n) is 3.22. The van der Waals surface area contributed by atoms with Gasteiger partial charge in [-0.25, -0.2) is 13.6 Å². The van der Waals surface area contributed by atoms with Crippen molar-refractivity contribution in [3.05, 3.63) is 70.8 Å². The number of carboxylic acids is 1. The van der Waals surface area contributed by atoms with E-state index in [-0.39, 0.29) is 17.5 Å². The van der Waals surface area contributed by atoms with Crippen LogP contribution in [0.4, 0.5) is 8.78 Å². The first-order valence-electron chi connectivity index (χ1n) is 6.69. The molecule has 6 heteroatoms. The maximum absolute atomic E-state index is 13.6. The fourth-order valence-electron chi connectivity index (χ4n) is 2.06. The molecule has 118 valence electrons. The van der Waals surface area contributed by atoms with Crippen LogP contribution in [0.1, 0.15) is 27.9 Å². The van der Waals surface area contributed by atoms with E-state index in [1.54, 1.807) is 12.1 Å². The topological polar surface area (TPSA) is 71.4 Å². The molecular formula is C17H12F2O4. The van der Waals surface area contributed by atoms with Crippen LogP contribution in [0.5, 0.6) is 0 Å². The van der Waals surface area contributed by atoms with Crippen molar-refractivity contribution in [2.75, 3.05) is 0 Å². The van der Waals surface area contributed by atoms with Crippen LogP contribution in [-0.2, 0) is 16.0 Å². The molecule has 0 unspecified atom stereocenters. The van der Waals surface area contributed by atoms with Crippen LogP contribution in [-0.4, -0.2) is 22.6 Å². The van der Waals surface area contributed by atoms with E-state index >= 15 is 0 Å².